The van der Waals surface area contributed by atoms with Crippen LogP contribution in [0.2, 0.25) is 0 Å². The Labute approximate surface area is 145 Å². The maximum atomic E-state index is 12.2. The van der Waals surface area contributed by atoms with E-state index < -0.39 is 5.60 Å². The first-order chi connectivity index (χ1) is 11.6. The maximum absolute atomic E-state index is 12.2. The third-order valence-electron chi connectivity index (χ3n) is 4.80. The van der Waals surface area contributed by atoms with Crippen molar-refractivity contribution in [3.8, 4) is 5.75 Å². The summed E-state index contributed by atoms with van der Waals surface area (Å²) in [7, 11) is 1.56. The van der Waals surface area contributed by atoms with Gasteiger partial charge in [0.15, 0.2) is 0 Å². The van der Waals surface area contributed by atoms with Gasteiger partial charge in [-0.05, 0) is 70.0 Å². The fraction of sp³-hybridized carbons (Fsp3) is 0.632. The summed E-state index contributed by atoms with van der Waals surface area (Å²) in [6.07, 6.45) is 4.32. The van der Waals surface area contributed by atoms with Crippen molar-refractivity contribution in [3.05, 3.63) is 24.3 Å². The molecule has 1 fully saturated rings. The number of nitrogens with one attached hydrogen (secondary N) is 1. The van der Waals surface area contributed by atoms with Crippen LogP contribution in [0.5, 0.6) is 5.75 Å². The molecule has 1 saturated heterocycles. The van der Waals surface area contributed by atoms with E-state index in [1.165, 1.54) is 25.9 Å². The van der Waals surface area contributed by atoms with Crippen molar-refractivity contribution in [3.63, 3.8) is 0 Å². The van der Waals surface area contributed by atoms with Crippen molar-refractivity contribution in [2.75, 3.05) is 38.7 Å². The van der Waals surface area contributed by atoms with Gasteiger partial charge in [0.25, 0.3) is 5.91 Å². The Kier molecular flexibility index (Phi) is 7.06. The quantitative estimate of drug-likeness (QED) is 0.704. The lowest BCUT2D eigenvalue weighted by Crippen LogP contribution is -2.41. The van der Waals surface area contributed by atoms with Gasteiger partial charge in [0.05, 0.1) is 6.61 Å². The molecule has 1 atom stereocenters. The normalized spacial score (nSPS) is 17.5. The van der Waals surface area contributed by atoms with Crippen molar-refractivity contribution in [2.45, 2.75) is 45.1 Å². The van der Waals surface area contributed by atoms with Crippen LogP contribution in [0.25, 0.3) is 0 Å². The van der Waals surface area contributed by atoms with Gasteiger partial charge in [-0.25, -0.2) is 0 Å². The van der Waals surface area contributed by atoms with E-state index in [4.69, 9.17) is 9.47 Å². The Balaban J connectivity index is 1.74. The number of rotatable bonds is 9. The van der Waals surface area contributed by atoms with Crippen LogP contribution >= 0.6 is 0 Å². The zero-order valence-electron chi connectivity index (χ0n) is 15.1. The van der Waals surface area contributed by atoms with Crippen LogP contribution in [0.4, 0.5) is 5.69 Å². The van der Waals surface area contributed by atoms with Crippen molar-refractivity contribution < 1.29 is 14.3 Å². The van der Waals surface area contributed by atoms with Crippen LogP contribution in [0.15, 0.2) is 24.3 Å². The van der Waals surface area contributed by atoms with Gasteiger partial charge in [0, 0.05) is 19.3 Å². The topological polar surface area (TPSA) is 50.8 Å². The molecule has 0 aliphatic carbocycles. The molecular formula is C19H30N2O3. The molecule has 1 aliphatic rings. The Morgan fingerprint density at radius 2 is 1.92 bits per heavy atom. The fourth-order valence-corrected chi connectivity index (χ4v) is 2.78. The molecule has 24 heavy (non-hydrogen) atoms. The molecule has 0 aromatic heterocycles. The monoisotopic (exact) mass is 334 g/mol. The Morgan fingerprint density at radius 3 is 2.50 bits per heavy atom. The molecule has 1 heterocycles. The SMILES string of the molecule is CC[C@@](C)(OC)C(=O)Nc1ccc(OCCCN2CCCC2)cc1. The van der Waals surface area contributed by atoms with E-state index in [1.54, 1.807) is 14.0 Å². The number of methoxy groups -OCH3 is 1. The molecule has 134 valence electrons. The Morgan fingerprint density at radius 1 is 1.25 bits per heavy atom. The lowest BCUT2D eigenvalue weighted by Gasteiger charge is -2.25. The molecule has 5 heteroatoms. The zero-order valence-corrected chi connectivity index (χ0v) is 15.1. The lowest BCUT2D eigenvalue weighted by molar-refractivity contribution is -0.136. The first kappa shape index (κ1) is 18.7. The van der Waals surface area contributed by atoms with Crippen LogP contribution < -0.4 is 10.1 Å². The fourth-order valence-electron chi connectivity index (χ4n) is 2.78. The number of benzene rings is 1. The average Bonchev–Trinajstić information content (AvgIpc) is 3.12. The van der Waals surface area contributed by atoms with Gasteiger partial charge in [0.2, 0.25) is 0 Å². The third kappa shape index (κ3) is 5.21. The van der Waals surface area contributed by atoms with Crippen molar-refractivity contribution >= 4 is 11.6 Å². The number of likely N-dealkylation sites (tertiary alicyclic amines) is 1. The average molecular weight is 334 g/mol. The molecule has 0 unspecified atom stereocenters. The minimum absolute atomic E-state index is 0.133. The van der Waals surface area contributed by atoms with Crippen LogP contribution in [0, 0.1) is 0 Å². The minimum Gasteiger partial charge on any atom is -0.494 e. The predicted molar refractivity (Wildman–Crippen MR) is 96.6 cm³/mol. The van der Waals surface area contributed by atoms with Gasteiger partial charge in [-0.15, -0.1) is 0 Å². The van der Waals surface area contributed by atoms with E-state index in [1.807, 2.05) is 31.2 Å². The lowest BCUT2D eigenvalue weighted by atomic mass is 10.0. The van der Waals surface area contributed by atoms with Crippen LogP contribution in [-0.4, -0.2) is 49.8 Å². The zero-order chi connectivity index (χ0) is 17.4. The number of amides is 1. The number of carbonyl (C=O) groups excluding carboxylic acids is 1. The van der Waals surface area contributed by atoms with E-state index in [9.17, 15) is 4.79 Å². The molecule has 5 nitrogen and oxygen atoms in total. The molecule has 0 bridgehead atoms. The number of nitrogens with zero attached hydrogens (tertiary/aromatic N) is 1. The van der Waals surface area contributed by atoms with Gasteiger partial charge in [0.1, 0.15) is 11.4 Å². The number of anilines is 1. The molecule has 2 rings (SSSR count). The van der Waals surface area contributed by atoms with Gasteiger partial charge in [-0.2, -0.15) is 0 Å². The van der Waals surface area contributed by atoms with E-state index in [-0.39, 0.29) is 5.91 Å². The number of carbonyl (C=O) groups is 1. The van der Waals surface area contributed by atoms with Crippen LogP contribution in [-0.2, 0) is 9.53 Å². The highest BCUT2D eigenvalue weighted by Gasteiger charge is 2.30. The Hall–Kier alpha value is -1.59. The molecule has 0 spiro atoms. The van der Waals surface area contributed by atoms with Gasteiger partial charge < -0.3 is 19.7 Å². The van der Waals surface area contributed by atoms with Gasteiger partial charge >= 0.3 is 0 Å². The number of hydrogen-bond donors (Lipinski definition) is 1. The highest BCUT2D eigenvalue weighted by Crippen LogP contribution is 2.20. The van der Waals surface area contributed by atoms with Crippen LogP contribution in [0.1, 0.15) is 39.5 Å². The smallest absolute Gasteiger partial charge is 0.256 e. The number of ether oxygens (including phenoxy) is 2. The molecule has 1 amide bonds. The number of hydrogen-bond acceptors (Lipinski definition) is 4. The van der Waals surface area contributed by atoms with E-state index in [0.717, 1.165) is 31.0 Å². The predicted octanol–water partition coefficient (Wildman–Crippen LogP) is 3.30. The summed E-state index contributed by atoms with van der Waals surface area (Å²) in [5.41, 5.74) is -0.0498. The second kappa shape index (κ2) is 9.04. The Bertz CT molecular complexity index is 506. The molecule has 0 saturated carbocycles. The first-order valence-corrected chi connectivity index (χ1v) is 8.89. The molecular weight excluding hydrogens is 304 g/mol. The molecule has 1 aromatic carbocycles. The van der Waals surface area contributed by atoms with Crippen LogP contribution in [0.3, 0.4) is 0 Å². The van der Waals surface area contributed by atoms with E-state index >= 15 is 0 Å². The van der Waals surface area contributed by atoms with Gasteiger partial charge in [-0.1, -0.05) is 6.92 Å². The largest absolute Gasteiger partial charge is 0.494 e. The van der Waals surface area contributed by atoms with E-state index in [0.29, 0.717) is 6.42 Å². The van der Waals surface area contributed by atoms with E-state index in [2.05, 4.69) is 10.2 Å². The maximum Gasteiger partial charge on any atom is 0.256 e. The molecule has 0 radical (unpaired) electrons. The van der Waals surface area contributed by atoms with Crippen molar-refractivity contribution in [1.82, 2.24) is 4.90 Å². The summed E-state index contributed by atoms with van der Waals surface area (Å²) in [6, 6.07) is 7.50. The molecule has 1 aliphatic heterocycles. The summed E-state index contributed by atoms with van der Waals surface area (Å²) in [5, 5.41) is 2.89. The van der Waals surface area contributed by atoms with Gasteiger partial charge in [-0.3, -0.25) is 4.79 Å². The first-order valence-electron chi connectivity index (χ1n) is 8.89. The summed E-state index contributed by atoms with van der Waals surface area (Å²) in [4.78, 5) is 14.7. The summed E-state index contributed by atoms with van der Waals surface area (Å²) >= 11 is 0. The molecule has 1 aromatic rings. The summed E-state index contributed by atoms with van der Waals surface area (Å²) in [5.74, 6) is 0.700. The highest BCUT2D eigenvalue weighted by molar-refractivity contribution is 5.97. The summed E-state index contributed by atoms with van der Waals surface area (Å²) in [6.45, 7) is 8.02. The van der Waals surface area contributed by atoms with Crippen molar-refractivity contribution in [2.24, 2.45) is 0 Å². The second-order valence-electron chi connectivity index (χ2n) is 6.52. The summed E-state index contributed by atoms with van der Waals surface area (Å²) < 4.78 is 11.1. The minimum atomic E-state index is -0.801. The molecule has 1 N–H and O–H groups in total. The second-order valence-corrected chi connectivity index (χ2v) is 6.52. The standard InChI is InChI=1S/C19H30N2O3/c1-4-19(2,23-3)18(22)20-16-8-10-17(11-9-16)24-15-7-14-21-12-5-6-13-21/h8-11H,4-7,12-15H2,1-3H3,(H,20,22)/t19-/m1/s1. The van der Waals surface area contributed by atoms with Crippen molar-refractivity contribution in [1.29, 1.82) is 0 Å². The third-order valence-corrected chi connectivity index (χ3v) is 4.80. The highest BCUT2D eigenvalue weighted by atomic mass is 16.5.